The number of ether oxygens (including phenoxy) is 1. The predicted molar refractivity (Wildman–Crippen MR) is 66.8 cm³/mol. The van der Waals surface area contributed by atoms with E-state index in [4.69, 9.17) is 4.74 Å². The lowest BCUT2D eigenvalue weighted by molar-refractivity contribution is 0.201. The quantitative estimate of drug-likeness (QED) is 0.850. The first-order valence-corrected chi connectivity index (χ1v) is 5.72. The molecule has 0 aromatic carbocycles. The largest absolute Gasteiger partial charge is 0.487 e. The summed E-state index contributed by atoms with van der Waals surface area (Å²) < 4.78 is 5.82. The lowest BCUT2D eigenvalue weighted by Gasteiger charge is -2.24. The Bertz CT molecular complexity index is 331. The molecule has 1 rings (SSSR count). The molecule has 1 aromatic rings. The summed E-state index contributed by atoms with van der Waals surface area (Å²) in [6, 6.07) is 3.85. The third kappa shape index (κ3) is 4.62. The maximum absolute atomic E-state index is 5.82. The summed E-state index contributed by atoms with van der Waals surface area (Å²) in [6.45, 7) is 11.3. The van der Waals surface area contributed by atoms with E-state index in [1.54, 1.807) is 6.20 Å². The highest BCUT2D eigenvalue weighted by atomic mass is 16.5. The number of nitrogens with zero attached hydrogens (tertiary/aromatic N) is 1. The van der Waals surface area contributed by atoms with Crippen molar-refractivity contribution in [2.24, 2.45) is 0 Å². The highest BCUT2D eigenvalue weighted by Crippen LogP contribution is 2.15. The van der Waals surface area contributed by atoms with Crippen LogP contribution in [0.4, 0.5) is 0 Å². The average molecular weight is 222 g/mol. The van der Waals surface area contributed by atoms with E-state index in [1.807, 2.05) is 19.1 Å². The van der Waals surface area contributed by atoms with Gasteiger partial charge < -0.3 is 10.1 Å². The average Bonchev–Trinajstić information content (AvgIpc) is 2.18. The minimum atomic E-state index is 0.127. The molecule has 90 valence electrons. The Morgan fingerprint density at radius 2 is 2.12 bits per heavy atom. The summed E-state index contributed by atoms with van der Waals surface area (Å²) in [7, 11) is 0. The Hall–Kier alpha value is -1.09. The smallest absolute Gasteiger partial charge is 0.140 e. The van der Waals surface area contributed by atoms with Gasteiger partial charge in [0.2, 0.25) is 0 Å². The van der Waals surface area contributed by atoms with Crippen molar-refractivity contribution in [1.82, 2.24) is 10.3 Å². The van der Waals surface area contributed by atoms with Crippen molar-refractivity contribution < 1.29 is 4.74 Å². The number of rotatable bonds is 4. The standard InChI is InChI=1S/C13H22N2O/c1-10(9-15-13(3,4)5)16-12-7-6-8-14-11(12)2/h6-8,10,15H,9H2,1-5H3. The third-order valence-electron chi connectivity index (χ3n) is 2.21. The predicted octanol–water partition coefficient (Wildman–Crippen LogP) is 2.55. The van der Waals surface area contributed by atoms with E-state index in [9.17, 15) is 0 Å². The monoisotopic (exact) mass is 222 g/mol. The minimum Gasteiger partial charge on any atom is -0.487 e. The highest BCUT2D eigenvalue weighted by Gasteiger charge is 2.12. The van der Waals surface area contributed by atoms with Gasteiger partial charge in [-0.3, -0.25) is 4.98 Å². The van der Waals surface area contributed by atoms with Crippen molar-refractivity contribution in [2.45, 2.75) is 46.3 Å². The molecule has 16 heavy (non-hydrogen) atoms. The molecule has 0 radical (unpaired) electrons. The molecule has 1 atom stereocenters. The number of aromatic nitrogens is 1. The minimum absolute atomic E-state index is 0.127. The number of pyridine rings is 1. The molecule has 0 bridgehead atoms. The van der Waals surface area contributed by atoms with E-state index < -0.39 is 0 Å². The van der Waals surface area contributed by atoms with Crippen LogP contribution < -0.4 is 10.1 Å². The van der Waals surface area contributed by atoms with Crippen molar-refractivity contribution in [1.29, 1.82) is 0 Å². The van der Waals surface area contributed by atoms with Gasteiger partial charge in [-0.25, -0.2) is 0 Å². The van der Waals surface area contributed by atoms with Crippen LogP contribution in [0.1, 0.15) is 33.4 Å². The van der Waals surface area contributed by atoms with Crippen LogP contribution in [0, 0.1) is 6.92 Å². The summed E-state index contributed by atoms with van der Waals surface area (Å²) in [5.41, 5.74) is 1.06. The van der Waals surface area contributed by atoms with Crippen LogP contribution in [0.3, 0.4) is 0 Å². The lowest BCUT2D eigenvalue weighted by atomic mass is 10.1. The second-order valence-corrected chi connectivity index (χ2v) is 5.15. The summed E-state index contributed by atoms with van der Waals surface area (Å²) >= 11 is 0. The summed E-state index contributed by atoms with van der Waals surface area (Å²) in [6.07, 6.45) is 1.92. The molecule has 1 heterocycles. The van der Waals surface area contributed by atoms with Gasteiger partial charge in [-0.05, 0) is 46.8 Å². The first-order chi connectivity index (χ1) is 7.38. The molecule has 0 fully saturated rings. The van der Waals surface area contributed by atoms with Crippen molar-refractivity contribution in [3.8, 4) is 5.75 Å². The van der Waals surface area contributed by atoms with E-state index in [0.29, 0.717) is 0 Å². The van der Waals surface area contributed by atoms with Gasteiger partial charge in [0.1, 0.15) is 11.9 Å². The summed E-state index contributed by atoms with van der Waals surface area (Å²) in [5.74, 6) is 0.866. The number of hydrogen-bond donors (Lipinski definition) is 1. The molecule has 1 N–H and O–H groups in total. The van der Waals surface area contributed by atoms with Gasteiger partial charge in [0.05, 0.1) is 5.69 Å². The van der Waals surface area contributed by atoms with E-state index in [2.05, 4.69) is 38.0 Å². The van der Waals surface area contributed by atoms with Crippen molar-refractivity contribution in [2.75, 3.05) is 6.54 Å². The second-order valence-electron chi connectivity index (χ2n) is 5.15. The van der Waals surface area contributed by atoms with Crippen LogP contribution in [-0.4, -0.2) is 23.2 Å². The zero-order valence-electron chi connectivity index (χ0n) is 10.9. The van der Waals surface area contributed by atoms with Gasteiger partial charge in [-0.15, -0.1) is 0 Å². The molecule has 3 heteroatoms. The van der Waals surface area contributed by atoms with Gasteiger partial charge in [0, 0.05) is 18.3 Å². The first kappa shape index (κ1) is 13.0. The summed E-state index contributed by atoms with van der Waals surface area (Å²) in [5, 5.41) is 3.42. The Morgan fingerprint density at radius 3 is 2.69 bits per heavy atom. The number of aryl methyl sites for hydroxylation is 1. The van der Waals surface area contributed by atoms with Gasteiger partial charge in [-0.1, -0.05) is 0 Å². The molecule has 0 saturated heterocycles. The fourth-order valence-electron chi connectivity index (χ4n) is 1.30. The Labute approximate surface area is 98.2 Å². The molecule has 1 aromatic heterocycles. The van der Waals surface area contributed by atoms with E-state index in [-0.39, 0.29) is 11.6 Å². The zero-order valence-corrected chi connectivity index (χ0v) is 10.9. The van der Waals surface area contributed by atoms with Crippen LogP contribution in [0.15, 0.2) is 18.3 Å². The number of hydrogen-bond acceptors (Lipinski definition) is 3. The molecule has 0 aliphatic rings. The zero-order chi connectivity index (χ0) is 12.2. The maximum Gasteiger partial charge on any atom is 0.140 e. The molecule has 1 unspecified atom stereocenters. The lowest BCUT2D eigenvalue weighted by Crippen LogP contribution is -2.41. The maximum atomic E-state index is 5.82. The SMILES string of the molecule is Cc1ncccc1OC(C)CNC(C)(C)C. The topological polar surface area (TPSA) is 34.1 Å². The molecular formula is C13H22N2O. The fraction of sp³-hybridized carbons (Fsp3) is 0.615. The van der Waals surface area contributed by atoms with Crippen LogP contribution >= 0.6 is 0 Å². The van der Waals surface area contributed by atoms with Crippen molar-refractivity contribution >= 4 is 0 Å². The van der Waals surface area contributed by atoms with E-state index in [0.717, 1.165) is 18.0 Å². The van der Waals surface area contributed by atoms with Crippen molar-refractivity contribution in [3.63, 3.8) is 0 Å². The fourth-order valence-corrected chi connectivity index (χ4v) is 1.30. The number of nitrogens with one attached hydrogen (secondary N) is 1. The molecule has 0 aliphatic carbocycles. The Balaban J connectivity index is 2.46. The molecule has 0 amide bonds. The van der Waals surface area contributed by atoms with Gasteiger partial charge in [-0.2, -0.15) is 0 Å². The Kier molecular flexibility index (Phi) is 4.30. The molecular weight excluding hydrogens is 200 g/mol. The molecule has 3 nitrogen and oxygen atoms in total. The second kappa shape index (κ2) is 5.30. The third-order valence-corrected chi connectivity index (χ3v) is 2.21. The van der Waals surface area contributed by atoms with E-state index >= 15 is 0 Å². The van der Waals surface area contributed by atoms with Gasteiger partial charge >= 0.3 is 0 Å². The first-order valence-electron chi connectivity index (χ1n) is 5.72. The normalized spacial score (nSPS) is 13.6. The highest BCUT2D eigenvalue weighted by molar-refractivity contribution is 5.25. The van der Waals surface area contributed by atoms with Crippen LogP contribution in [0.5, 0.6) is 5.75 Å². The van der Waals surface area contributed by atoms with Crippen molar-refractivity contribution in [3.05, 3.63) is 24.0 Å². The van der Waals surface area contributed by atoms with Crippen LogP contribution in [0.2, 0.25) is 0 Å². The Morgan fingerprint density at radius 1 is 1.44 bits per heavy atom. The molecule has 0 saturated carbocycles. The molecule has 0 aliphatic heterocycles. The molecule has 0 spiro atoms. The van der Waals surface area contributed by atoms with Crippen LogP contribution in [-0.2, 0) is 0 Å². The van der Waals surface area contributed by atoms with E-state index in [1.165, 1.54) is 0 Å². The van der Waals surface area contributed by atoms with Gasteiger partial charge in [0.25, 0.3) is 0 Å². The van der Waals surface area contributed by atoms with Crippen LogP contribution in [0.25, 0.3) is 0 Å². The van der Waals surface area contributed by atoms with Gasteiger partial charge in [0.15, 0.2) is 0 Å². The summed E-state index contributed by atoms with van der Waals surface area (Å²) in [4.78, 5) is 4.20.